The van der Waals surface area contributed by atoms with E-state index in [1.807, 2.05) is 24.3 Å². The fourth-order valence-corrected chi connectivity index (χ4v) is 2.89. The Labute approximate surface area is 144 Å². The second kappa shape index (κ2) is 8.35. The molecule has 0 bridgehead atoms. The molecule has 0 aliphatic rings. The Kier molecular flexibility index (Phi) is 6.20. The SMILES string of the molecule is CCCOc1ccc(-c2c(C#N)c(N)nc(CCC)c2CC)cc1. The number of aromatic nitrogens is 1. The van der Waals surface area contributed by atoms with Gasteiger partial charge in [-0.15, -0.1) is 0 Å². The van der Waals surface area contributed by atoms with E-state index in [1.54, 1.807) is 0 Å². The lowest BCUT2D eigenvalue weighted by atomic mass is 9.91. The minimum Gasteiger partial charge on any atom is -0.494 e. The van der Waals surface area contributed by atoms with Crippen LogP contribution in [0.25, 0.3) is 11.1 Å². The van der Waals surface area contributed by atoms with Gasteiger partial charge < -0.3 is 10.5 Å². The number of rotatable bonds is 7. The van der Waals surface area contributed by atoms with Gasteiger partial charge in [0.25, 0.3) is 0 Å². The Bertz CT molecular complexity index is 730. The summed E-state index contributed by atoms with van der Waals surface area (Å²) in [6.07, 6.45) is 3.65. The second-order valence-electron chi connectivity index (χ2n) is 5.76. The molecule has 1 heterocycles. The van der Waals surface area contributed by atoms with E-state index in [9.17, 15) is 5.26 Å². The maximum atomic E-state index is 9.58. The van der Waals surface area contributed by atoms with Gasteiger partial charge in [-0.25, -0.2) is 4.98 Å². The van der Waals surface area contributed by atoms with Crippen molar-refractivity contribution in [2.45, 2.75) is 46.5 Å². The molecular formula is C20H25N3O. The fourth-order valence-electron chi connectivity index (χ4n) is 2.89. The predicted octanol–water partition coefficient (Wildman–Crippen LogP) is 4.51. The second-order valence-corrected chi connectivity index (χ2v) is 5.76. The topological polar surface area (TPSA) is 71.9 Å². The quantitative estimate of drug-likeness (QED) is 0.814. The zero-order valence-electron chi connectivity index (χ0n) is 14.7. The Hall–Kier alpha value is -2.54. The fraction of sp³-hybridized carbons (Fsp3) is 0.400. The molecule has 0 radical (unpaired) electrons. The van der Waals surface area contributed by atoms with Crippen molar-refractivity contribution in [3.8, 4) is 22.9 Å². The number of nitrogens with zero attached hydrogens (tertiary/aromatic N) is 2. The van der Waals surface area contributed by atoms with Gasteiger partial charge in [0.1, 0.15) is 23.2 Å². The van der Waals surface area contributed by atoms with Crippen LogP contribution in [0.15, 0.2) is 24.3 Å². The van der Waals surface area contributed by atoms with Gasteiger partial charge in [0.05, 0.1) is 6.61 Å². The summed E-state index contributed by atoms with van der Waals surface area (Å²) in [7, 11) is 0. The molecule has 4 heteroatoms. The monoisotopic (exact) mass is 323 g/mol. The largest absolute Gasteiger partial charge is 0.494 e. The van der Waals surface area contributed by atoms with E-state index >= 15 is 0 Å². The van der Waals surface area contributed by atoms with Crippen molar-refractivity contribution >= 4 is 5.82 Å². The van der Waals surface area contributed by atoms with Gasteiger partial charge >= 0.3 is 0 Å². The summed E-state index contributed by atoms with van der Waals surface area (Å²) in [4.78, 5) is 4.48. The molecule has 0 aliphatic carbocycles. The summed E-state index contributed by atoms with van der Waals surface area (Å²) in [6, 6.07) is 10.1. The number of anilines is 1. The molecule has 0 saturated carbocycles. The zero-order chi connectivity index (χ0) is 17.5. The molecule has 0 atom stereocenters. The van der Waals surface area contributed by atoms with Gasteiger partial charge in [0.15, 0.2) is 0 Å². The Morgan fingerprint density at radius 3 is 2.38 bits per heavy atom. The predicted molar refractivity (Wildman–Crippen MR) is 98.0 cm³/mol. The van der Waals surface area contributed by atoms with Crippen molar-refractivity contribution in [3.05, 3.63) is 41.1 Å². The first-order valence-electron chi connectivity index (χ1n) is 8.60. The van der Waals surface area contributed by atoms with E-state index in [0.29, 0.717) is 18.0 Å². The molecule has 0 saturated heterocycles. The molecule has 0 spiro atoms. The maximum Gasteiger partial charge on any atom is 0.142 e. The lowest BCUT2D eigenvalue weighted by molar-refractivity contribution is 0.317. The summed E-state index contributed by atoms with van der Waals surface area (Å²) in [5, 5.41) is 9.58. The van der Waals surface area contributed by atoms with E-state index < -0.39 is 0 Å². The smallest absolute Gasteiger partial charge is 0.142 e. The van der Waals surface area contributed by atoms with Gasteiger partial charge in [-0.2, -0.15) is 5.26 Å². The molecule has 2 aromatic rings. The first-order chi connectivity index (χ1) is 11.7. The molecule has 4 nitrogen and oxygen atoms in total. The molecule has 0 fully saturated rings. The molecule has 24 heavy (non-hydrogen) atoms. The Morgan fingerprint density at radius 2 is 1.83 bits per heavy atom. The maximum absolute atomic E-state index is 9.58. The van der Waals surface area contributed by atoms with E-state index in [4.69, 9.17) is 10.5 Å². The third-order valence-corrected chi connectivity index (χ3v) is 3.98. The standard InChI is InChI=1S/C20H25N3O/c1-4-7-18-16(6-3)19(17(13-21)20(22)23-18)14-8-10-15(11-9-14)24-12-5-2/h8-11H,4-7,12H2,1-3H3,(H2,22,23). The average molecular weight is 323 g/mol. The third-order valence-electron chi connectivity index (χ3n) is 3.98. The zero-order valence-corrected chi connectivity index (χ0v) is 14.7. The van der Waals surface area contributed by atoms with Gasteiger partial charge in [0, 0.05) is 11.3 Å². The number of nitrogens with two attached hydrogens (primary N) is 1. The lowest BCUT2D eigenvalue weighted by Crippen LogP contribution is -2.07. The van der Waals surface area contributed by atoms with E-state index in [2.05, 4.69) is 31.8 Å². The summed E-state index contributed by atoms with van der Waals surface area (Å²) in [5.74, 6) is 1.16. The van der Waals surface area contributed by atoms with E-state index in [0.717, 1.165) is 53.8 Å². The number of nitriles is 1. The minimum absolute atomic E-state index is 0.319. The summed E-state index contributed by atoms with van der Waals surface area (Å²) >= 11 is 0. The molecule has 1 aromatic heterocycles. The van der Waals surface area contributed by atoms with Gasteiger partial charge in [-0.3, -0.25) is 0 Å². The van der Waals surface area contributed by atoms with Crippen LogP contribution in [-0.4, -0.2) is 11.6 Å². The van der Waals surface area contributed by atoms with Crippen molar-refractivity contribution in [2.24, 2.45) is 0 Å². The number of aryl methyl sites for hydroxylation is 1. The number of hydrogen-bond acceptors (Lipinski definition) is 4. The molecule has 0 unspecified atom stereocenters. The van der Waals surface area contributed by atoms with Crippen LogP contribution in [0, 0.1) is 11.3 Å². The first-order valence-corrected chi connectivity index (χ1v) is 8.60. The number of ether oxygens (including phenoxy) is 1. The summed E-state index contributed by atoms with van der Waals surface area (Å²) in [5.41, 5.74) is 10.5. The van der Waals surface area contributed by atoms with Crippen molar-refractivity contribution in [1.82, 2.24) is 4.98 Å². The molecule has 2 rings (SSSR count). The van der Waals surface area contributed by atoms with Crippen LogP contribution in [0.3, 0.4) is 0 Å². The van der Waals surface area contributed by atoms with Crippen LogP contribution in [0.5, 0.6) is 5.75 Å². The highest BCUT2D eigenvalue weighted by molar-refractivity contribution is 5.79. The molecule has 0 aliphatic heterocycles. The number of nitrogen functional groups attached to an aromatic ring is 1. The third kappa shape index (κ3) is 3.68. The Balaban J connectivity index is 2.56. The van der Waals surface area contributed by atoms with Crippen LogP contribution >= 0.6 is 0 Å². The van der Waals surface area contributed by atoms with Crippen LogP contribution in [-0.2, 0) is 12.8 Å². The highest BCUT2D eigenvalue weighted by atomic mass is 16.5. The van der Waals surface area contributed by atoms with Crippen LogP contribution in [0.4, 0.5) is 5.82 Å². The summed E-state index contributed by atoms with van der Waals surface area (Å²) < 4.78 is 5.64. The van der Waals surface area contributed by atoms with Gasteiger partial charge in [-0.05, 0) is 42.5 Å². The molecule has 126 valence electrons. The number of benzene rings is 1. The number of hydrogen-bond donors (Lipinski definition) is 1. The average Bonchev–Trinajstić information content (AvgIpc) is 2.60. The minimum atomic E-state index is 0.319. The Morgan fingerprint density at radius 1 is 1.12 bits per heavy atom. The molecular weight excluding hydrogens is 298 g/mol. The van der Waals surface area contributed by atoms with Crippen molar-refractivity contribution in [1.29, 1.82) is 5.26 Å². The normalized spacial score (nSPS) is 10.4. The molecule has 1 aromatic carbocycles. The van der Waals surface area contributed by atoms with Crippen LogP contribution in [0.1, 0.15) is 50.4 Å². The summed E-state index contributed by atoms with van der Waals surface area (Å²) in [6.45, 7) is 6.99. The van der Waals surface area contributed by atoms with Crippen molar-refractivity contribution in [2.75, 3.05) is 12.3 Å². The van der Waals surface area contributed by atoms with Crippen LogP contribution in [0.2, 0.25) is 0 Å². The van der Waals surface area contributed by atoms with E-state index in [1.165, 1.54) is 0 Å². The van der Waals surface area contributed by atoms with Crippen molar-refractivity contribution in [3.63, 3.8) is 0 Å². The first kappa shape index (κ1) is 17.8. The van der Waals surface area contributed by atoms with Crippen LogP contribution < -0.4 is 10.5 Å². The molecule has 2 N–H and O–H groups in total. The number of pyridine rings is 1. The highest BCUT2D eigenvalue weighted by Gasteiger charge is 2.18. The van der Waals surface area contributed by atoms with Gasteiger partial charge in [0.2, 0.25) is 0 Å². The van der Waals surface area contributed by atoms with E-state index in [-0.39, 0.29) is 0 Å². The van der Waals surface area contributed by atoms with Crippen molar-refractivity contribution < 1.29 is 4.74 Å². The van der Waals surface area contributed by atoms with Gasteiger partial charge in [-0.1, -0.05) is 39.3 Å². The lowest BCUT2D eigenvalue weighted by Gasteiger charge is -2.16. The highest BCUT2D eigenvalue weighted by Crippen LogP contribution is 2.34. The molecule has 0 amide bonds.